The highest BCUT2D eigenvalue weighted by atomic mass is 35.5. The predicted octanol–water partition coefficient (Wildman–Crippen LogP) is 4.27. The van der Waals surface area contributed by atoms with Gasteiger partial charge in [-0.1, -0.05) is 17.7 Å². The van der Waals surface area contributed by atoms with Crippen LogP contribution in [0, 0.1) is 5.82 Å². The molecule has 2 heterocycles. The molecule has 0 bridgehead atoms. The van der Waals surface area contributed by atoms with E-state index in [0.717, 1.165) is 4.90 Å². The van der Waals surface area contributed by atoms with Crippen LogP contribution < -0.4 is 10.2 Å². The summed E-state index contributed by atoms with van der Waals surface area (Å²) in [5.41, 5.74) is 0.521. The number of thiocarbonyl (C=S) groups is 1. The van der Waals surface area contributed by atoms with Crippen molar-refractivity contribution in [2.75, 3.05) is 4.90 Å². The van der Waals surface area contributed by atoms with Crippen LogP contribution >= 0.6 is 23.8 Å². The molecule has 0 saturated carbocycles. The van der Waals surface area contributed by atoms with E-state index in [4.69, 9.17) is 33.3 Å². The van der Waals surface area contributed by atoms with E-state index in [9.17, 15) is 18.8 Å². The minimum Gasteiger partial charge on any atom is -0.478 e. The molecule has 1 aromatic heterocycles. The lowest BCUT2D eigenvalue weighted by atomic mass is 10.1. The number of carbonyl (C=O) groups is 3. The van der Waals surface area contributed by atoms with Gasteiger partial charge in [-0.2, -0.15) is 0 Å². The Morgan fingerprint density at radius 1 is 1.12 bits per heavy atom. The summed E-state index contributed by atoms with van der Waals surface area (Å²) in [5.74, 6) is -2.49. The van der Waals surface area contributed by atoms with Crippen LogP contribution in [0.5, 0.6) is 0 Å². The molecule has 0 unspecified atom stereocenters. The summed E-state index contributed by atoms with van der Waals surface area (Å²) < 4.78 is 18.9. The molecule has 2 N–H and O–H groups in total. The Balaban J connectivity index is 1.65. The summed E-state index contributed by atoms with van der Waals surface area (Å²) >= 11 is 11.1. The maximum Gasteiger partial charge on any atom is 0.337 e. The Bertz CT molecular complexity index is 1320. The molecule has 0 atom stereocenters. The molecular formula is C22H12ClFN2O5S. The van der Waals surface area contributed by atoms with Crippen LogP contribution in [0.3, 0.4) is 0 Å². The molecule has 2 amide bonds. The number of hydrogen-bond acceptors (Lipinski definition) is 5. The molecule has 1 fully saturated rings. The van der Waals surface area contributed by atoms with Crippen molar-refractivity contribution in [3.63, 3.8) is 0 Å². The minimum absolute atomic E-state index is 0.0385. The van der Waals surface area contributed by atoms with Gasteiger partial charge in [-0.05, 0) is 66.8 Å². The van der Waals surface area contributed by atoms with Crippen molar-refractivity contribution in [3.8, 4) is 11.3 Å². The van der Waals surface area contributed by atoms with Crippen LogP contribution in [0.1, 0.15) is 16.1 Å². The lowest BCUT2D eigenvalue weighted by molar-refractivity contribution is -0.122. The third-order valence-corrected chi connectivity index (χ3v) is 5.18. The lowest BCUT2D eigenvalue weighted by Crippen LogP contribution is -2.54. The van der Waals surface area contributed by atoms with Crippen molar-refractivity contribution >= 4 is 58.5 Å². The minimum atomic E-state index is -1.16. The number of halogens is 2. The highest BCUT2D eigenvalue weighted by Gasteiger charge is 2.34. The second-order valence-electron chi connectivity index (χ2n) is 6.64. The second-order valence-corrected chi connectivity index (χ2v) is 7.43. The quantitative estimate of drug-likeness (QED) is 0.335. The number of nitrogens with zero attached hydrogens (tertiary/aromatic N) is 1. The SMILES string of the molecule is O=C1NC(=S)N(c2ccc(F)cc2)C(=O)/C1=C\c1ccc(-c2ccc(C(=O)O)c(Cl)c2)o1. The molecule has 160 valence electrons. The number of carboxylic acids is 1. The Morgan fingerprint density at radius 3 is 2.50 bits per heavy atom. The van der Waals surface area contributed by atoms with E-state index in [-0.39, 0.29) is 27.0 Å². The summed E-state index contributed by atoms with van der Waals surface area (Å²) in [6.07, 6.45) is 1.26. The third kappa shape index (κ3) is 4.03. The fourth-order valence-electron chi connectivity index (χ4n) is 3.05. The number of furan rings is 1. The van der Waals surface area contributed by atoms with Gasteiger partial charge in [-0.15, -0.1) is 0 Å². The number of nitrogens with one attached hydrogen (secondary N) is 1. The average Bonchev–Trinajstić information content (AvgIpc) is 3.21. The van der Waals surface area contributed by atoms with E-state index in [2.05, 4.69) is 5.32 Å². The van der Waals surface area contributed by atoms with Gasteiger partial charge in [-0.3, -0.25) is 19.8 Å². The first-order valence-electron chi connectivity index (χ1n) is 9.04. The van der Waals surface area contributed by atoms with Crippen molar-refractivity contribution < 1.29 is 28.3 Å². The molecule has 4 rings (SSSR count). The highest BCUT2D eigenvalue weighted by Crippen LogP contribution is 2.29. The van der Waals surface area contributed by atoms with Gasteiger partial charge in [0.2, 0.25) is 0 Å². The van der Waals surface area contributed by atoms with Crippen molar-refractivity contribution in [2.45, 2.75) is 0 Å². The molecule has 1 aliphatic heterocycles. The van der Waals surface area contributed by atoms with Crippen LogP contribution in [-0.4, -0.2) is 28.0 Å². The normalized spacial score (nSPS) is 15.2. The number of aromatic carboxylic acids is 1. The maximum absolute atomic E-state index is 13.2. The maximum atomic E-state index is 13.2. The molecule has 7 nitrogen and oxygen atoms in total. The van der Waals surface area contributed by atoms with E-state index in [0.29, 0.717) is 17.0 Å². The highest BCUT2D eigenvalue weighted by molar-refractivity contribution is 7.80. The van der Waals surface area contributed by atoms with Crippen molar-refractivity contribution in [1.82, 2.24) is 5.32 Å². The Hall–Kier alpha value is -3.82. The first-order valence-corrected chi connectivity index (χ1v) is 9.83. The first-order chi connectivity index (χ1) is 15.2. The molecule has 0 aliphatic carbocycles. The third-order valence-electron chi connectivity index (χ3n) is 4.58. The zero-order valence-corrected chi connectivity index (χ0v) is 17.5. The smallest absolute Gasteiger partial charge is 0.337 e. The molecule has 1 saturated heterocycles. The largest absolute Gasteiger partial charge is 0.478 e. The van der Waals surface area contributed by atoms with Gasteiger partial charge in [0.1, 0.15) is 22.9 Å². The van der Waals surface area contributed by atoms with Crippen molar-refractivity contribution in [3.05, 3.63) is 82.3 Å². The van der Waals surface area contributed by atoms with Crippen LogP contribution in [-0.2, 0) is 9.59 Å². The lowest BCUT2D eigenvalue weighted by Gasteiger charge is -2.28. The van der Waals surface area contributed by atoms with Crippen LogP contribution in [0.15, 0.2) is 64.6 Å². The van der Waals surface area contributed by atoms with Crippen LogP contribution in [0.25, 0.3) is 17.4 Å². The van der Waals surface area contributed by atoms with Crippen molar-refractivity contribution in [2.24, 2.45) is 0 Å². The number of anilines is 1. The second kappa shape index (κ2) is 8.37. The summed E-state index contributed by atoms with van der Waals surface area (Å²) in [6.45, 7) is 0. The van der Waals surface area contributed by atoms with Gasteiger partial charge in [0.05, 0.1) is 16.3 Å². The number of carbonyl (C=O) groups excluding carboxylic acids is 2. The molecular weight excluding hydrogens is 459 g/mol. The van der Waals surface area contributed by atoms with Crippen molar-refractivity contribution in [1.29, 1.82) is 0 Å². The molecule has 2 aromatic carbocycles. The molecule has 0 spiro atoms. The Labute approximate surface area is 190 Å². The molecule has 10 heteroatoms. The van der Waals surface area contributed by atoms with Gasteiger partial charge in [0.15, 0.2) is 5.11 Å². The number of rotatable bonds is 4. The zero-order chi connectivity index (χ0) is 23.0. The standard InChI is InChI=1S/C22H12ClFN2O5S/c23-17-9-11(1-7-15(17)21(29)30)18-8-6-14(31-18)10-16-19(27)25-22(32)26(20(16)28)13-4-2-12(24)3-5-13/h1-10H,(H,29,30)(H,25,27,32)/b16-10-. The fourth-order valence-corrected chi connectivity index (χ4v) is 3.59. The van der Waals surface area contributed by atoms with Gasteiger partial charge >= 0.3 is 5.97 Å². The number of benzene rings is 2. The van der Waals surface area contributed by atoms with Gasteiger partial charge in [0, 0.05) is 5.56 Å². The molecule has 32 heavy (non-hydrogen) atoms. The van der Waals surface area contributed by atoms with Gasteiger partial charge in [0.25, 0.3) is 11.8 Å². The van der Waals surface area contributed by atoms with E-state index < -0.39 is 23.6 Å². The average molecular weight is 471 g/mol. The summed E-state index contributed by atoms with van der Waals surface area (Å²) in [5, 5.41) is 11.4. The Kier molecular flexibility index (Phi) is 5.60. The predicted molar refractivity (Wildman–Crippen MR) is 119 cm³/mol. The molecule has 3 aromatic rings. The van der Waals surface area contributed by atoms with E-state index in [1.165, 1.54) is 54.6 Å². The van der Waals surface area contributed by atoms with Crippen LogP contribution in [0.4, 0.5) is 10.1 Å². The van der Waals surface area contributed by atoms with E-state index >= 15 is 0 Å². The summed E-state index contributed by atoms with van der Waals surface area (Å²) in [6, 6.07) is 12.5. The number of hydrogen-bond donors (Lipinski definition) is 2. The fraction of sp³-hybridized carbons (Fsp3) is 0. The van der Waals surface area contributed by atoms with E-state index in [1.807, 2.05) is 0 Å². The van der Waals surface area contributed by atoms with Crippen LogP contribution in [0.2, 0.25) is 5.02 Å². The number of amides is 2. The molecule has 1 aliphatic rings. The Morgan fingerprint density at radius 2 is 1.84 bits per heavy atom. The summed E-state index contributed by atoms with van der Waals surface area (Å²) in [7, 11) is 0. The van der Waals surface area contributed by atoms with Gasteiger partial charge < -0.3 is 9.52 Å². The zero-order valence-electron chi connectivity index (χ0n) is 16.0. The molecule has 0 radical (unpaired) electrons. The number of carboxylic acid groups (broad SMARTS) is 1. The monoisotopic (exact) mass is 470 g/mol. The first kappa shape index (κ1) is 21.4. The van der Waals surface area contributed by atoms with E-state index in [1.54, 1.807) is 6.07 Å². The topological polar surface area (TPSA) is 99.9 Å². The summed E-state index contributed by atoms with van der Waals surface area (Å²) in [4.78, 5) is 37.5. The van der Waals surface area contributed by atoms with Gasteiger partial charge in [-0.25, -0.2) is 9.18 Å².